The summed E-state index contributed by atoms with van der Waals surface area (Å²) in [7, 11) is 0. The molecule has 0 radical (unpaired) electrons. The van der Waals surface area contributed by atoms with E-state index in [0.29, 0.717) is 17.1 Å². The molecule has 0 aromatic heterocycles. The normalized spacial score (nSPS) is 13.0. The smallest absolute Gasteiger partial charge is 0.231 e. The standard InChI is InChI=1S/C10H10O3/c1-3-7-9(11)6(2)4-8-10(7)13-5-12-8/h3-4,11H,1,5H2,2H3. The molecule has 3 heteroatoms. The van der Waals surface area contributed by atoms with Crippen molar-refractivity contribution in [2.75, 3.05) is 6.79 Å². The zero-order chi connectivity index (χ0) is 9.42. The van der Waals surface area contributed by atoms with Crippen molar-refractivity contribution in [3.05, 3.63) is 23.8 Å². The Labute approximate surface area is 76.2 Å². The number of phenolic OH excluding ortho intramolecular Hbond substituents is 1. The Balaban J connectivity index is 2.71. The fraction of sp³-hybridized carbons (Fsp3) is 0.200. The largest absolute Gasteiger partial charge is 0.507 e. The average Bonchev–Trinajstić information content (AvgIpc) is 2.54. The molecular weight excluding hydrogens is 168 g/mol. The van der Waals surface area contributed by atoms with Gasteiger partial charge in [-0.05, 0) is 18.6 Å². The van der Waals surface area contributed by atoms with Crippen LogP contribution in [0.5, 0.6) is 17.2 Å². The first-order chi connectivity index (χ1) is 6.24. The first-order valence-electron chi connectivity index (χ1n) is 3.98. The van der Waals surface area contributed by atoms with Crippen LogP contribution in [0.3, 0.4) is 0 Å². The molecule has 0 aliphatic carbocycles. The van der Waals surface area contributed by atoms with E-state index < -0.39 is 0 Å². The van der Waals surface area contributed by atoms with E-state index in [2.05, 4.69) is 6.58 Å². The lowest BCUT2D eigenvalue weighted by molar-refractivity contribution is 0.173. The van der Waals surface area contributed by atoms with Crippen LogP contribution in [0.15, 0.2) is 12.6 Å². The van der Waals surface area contributed by atoms with Crippen molar-refractivity contribution in [2.24, 2.45) is 0 Å². The van der Waals surface area contributed by atoms with Crippen molar-refractivity contribution in [3.8, 4) is 17.2 Å². The van der Waals surface area contributed by atoms with Crippen molar-refractivity contribution in [1.29, 1.82) is 0 Å². The number of hydrogen-bond donors (Lipinski definition) is 1. The zero-order valence-electron chi connectivity index (χ0n) is 7.33. The van der Waals surface area contributed by atoms with E-state index in [1.807, 2.05) is 6.92 Å². The van der Waals surface area contributed by atoms with Crippen LogP contribution in [0.1, 0.15) is 11.1 Å². The molecule has 0 atom stereocenters. The van der Waals surface area contributed by atoms with Crippen LogP contribution in [0.4, 0.5) is 0 Å². The fourth-order valence-corrected chi connectivity index (χ4v) is 1.38. The van der Waals surface area contributed by atoms with Crippen molar-refractivity contribution < 1.29 is 14.6 Å². The molecule has 3 nitrogen and oxygen atoms in total. The molecule has 2 rings (SSSR count). The van der Waals surface area contributed by atoms with Crippen molar-refractivity contribution in [2.45, 2.75) is 6.92 Å². The predicted octanol–water partition coefficient (Wildman–Crippen LogP) is 2.07. The summed E-state index contributed by atoms with van der Waals surface area (Å²) in [4.78, 5) is 0. The number of hydrogen-bond acceptors (Lipinski definition) is 3. The van der Waals surface area contributed by atoms with E-state index >= 15 is 0 Å². The van der Waals surface area contributed by atoms with E-state index in [4.69, 9.17) is 9.47 Å². The second kappa shape index (κ2) is 2.69. The Morgan fingerprint density at radius 2 is 2.31 bits per heavy atom. The van der Waals surface area contributed by atoms with Crippen LogP contribution in [-0.4, -0.2) is 11.9 Å². The molecule has 1 heterocycles. The molecule has 0 fully saturated rings. The Bertz CT molecular complexity index is 369. The molecule has 0 bridgehead atoms. The molecule has 0 saturated carbocycles. The quantitative estimate of drug-likeness (QED) is 0.715. The third-order valence-electron chi connectivity index (χ3n) is 2.07. The van der Waals surface area contributed by atoms with Crippen LogP contribution in [0, 0.1) is 6.92 Å². The monoisotopic (exact) mass is 178 g/mol. The van der Waals surface area contributed by atoms with Gasteiger partial charge in [-0.2, -0.15) is 0 Å². The molecule has 0 unspecified atom stereocenters. The molecule has 1 aromatic rings. The lowest BCUT2D eigenvalue weighted by Crippen LogP contribution is -1.93. The zero-order valence-corrected chi connectivity index (χ0v) is 7.33. The van der Waals surface area contributed by atoms with Gasteiger partial charge in [0.05, 0.1) is 5.56 Å². The van der Waals surface area contributed by atoms with E-state index in [1.54, 1.807) is 12.1 Å². The lowest BCUT2D eigenvalue weighted by atomic mass is 10.1. The highest BCUT2D eigenvalue weighted by molar-refractivity contribution is 5.70. The topological polar surface area (TPSA) is 38.7 Å². The highest BCUT2D eigenvalue weighted by Gasteiger charge is 2.20. The van der Waals surface area contributed by atoms with Crippen molar-refractivity contribution in [3.63, 3.8) is 0 Å². The van der Waals surface area contributed by atoms with Gasteiger partial charge in [-0.15, -0.1) is 0 Å². The molecule has 0 amide bonds. The fourth-order valence-electron chi connectivity index (χ4n) is 1.38. The minimum atomic E-state index is 0.207. The third kappa shape index (κ3) is 1.04. The Hall–Kier alpha value is -1.64. The number of benzene rings is 1. The molecule has 1 aliphatic rings. The minimum Gasteiger partial charge on any atom is -0.507 e. The van der Waals surface area contributed by atoms with Gasteiger partial charge in [-0.3, -0.25) is 0 Å². The van der Waals surface area contributed by atoms with E-state index in [9.17, 15) is 5.11 Å². The minimum absolute atomic E-state index is 0.207. The molecule has 0 spiro atoms. The molecule has 13 heavy (non-hydrogen) atoms. The van der Waals surface area contributed by atoms with Gasteiger partial charge < -0.3 is 14.6 Å². The Kier molecular flexibility index (Phi) is 1.65. The summed E-state index contributed by atoms with van der Waals surface area (Å²) in [5.74, 6) is 1.46. The molecule has 1 aliphatic heterocycles. The van der Waals surface area contributed by atoms with Crippen LogP contribution in [0.2, 0.25) is 0 Å². The maximum atomic E-state index is 9.65. The Morgan fingerprint density at radius 1 is 1.54 bits per heavy atom. The number of ether oxygens (including phenoxy) is 2. The van der Waals surface area contributed by atoms with Crippen LogP contribution < -0.4 is 9.47 Å². The summed E-state index contributed by atoms with van der Waals surface area (Å²) in [5.41, 5.74) is 1.37. The molecule has 1 aromatic carbocycles. The van der Waals surface area contributed by atoms with Gasteiger partial charge in [0.1, 0.15) is 5.75 Å². The van der Waals surface area contributed by atoms with Gasteiger partial charge >= 0.3 is 0 Å². The number of fused-ring (bicyclic) bond motifs is 1. The summed E-state index contributed by atoms with van der Waals surface area (Å²) in [6.45, 7) is 5.63. The first kappa shape index (κ1) is 7.98. The van der Waals surface area contributed by atoms with Crippen LogP contribution in [-0.2, 0) is 0 Å². The van der Waals surface area contributed by atoms with Crippen LogP contribution >= 0.6 is 0 Å². The Morgan fingerprint density at radius 3 is 3.00 bits per heavy atom. The highest BCUT2D eigenvalue weighted by Crippen LogP contribution is 2.42. The number of aromatic hydroxyl groups is 1. The van der Waals surface area contributed by atoms with Gasteiger partial charge in [0.15, 0.2) is 11.5 Å². The van der Waals surface area contributed by atoms with E-state index in [-0.39, 0.29) is 12.5 Å². The predicted molar refractivity (Wildman–Crippen MR) is 49.1 cm³/mol. The van der Waals surface area contributed by atoms with Gasteiger partial charge in [0.2, 0.25) is 6.79 Å². The average molecular weight is 178 g/mol. The number of rotatable bonds is 1. The van der Waals surface area contributed by atoms with E-state index in [1.165, 1.54) is 0 Å². The number of aryl methyl sites for hydroxylation is 1. The van der Waals surface area contributed by atoms with Gasteiger partial charge in [0.25, 0.3) is 0 Å². The molecule has 1 N–H and O–H groups in total. The third-order valence-corrected chi connectivity index (χ3v) is 2.07. The van der Waals surface area contributed by atoms with Crippen LogP contribution in [0.25, 0.3) is 6.08 Å². The first-order valence-corrected chi connectivity index (χ1v) is 3.98. The van der Waals surface area contributed by atoms with Crippen molar-refractivity contribution in [1.82, 2.24) is 0 Å². The van der Waals surface area contributed by atoms with Gasteiger partial charge in [0, 0.05) is 0 Å². The van der Waals surface area contributed by atoms with Gasteiger partial charge in [-0.25, -0.2) is 0 Å². The van der Waals surface area contributed by atoms with Gasteiger partial charge in [-0.1, -0.05) is 12.7 Å². The highest BCUT2D eigenvalue weighted by atomic mass is 16.7. The maximum absolute atomic E-state index is 9.65. The SMILES string of the molecule is C=Cc1c(O)c(C)cc2c1OCO2. The number of phenols is 1. The maximum Gasteiger partial charge on any atom is 0.231 e. The van der Waals surface area contributed by atoms with Crippen molar-refractivity contribution >= 4 is 6.08 Å². The molecule has 0 saturated heterocycles. The summed E-state index contributed by atoms with van der Waals surface area (Å²) < 4.78 is 10.4. The second-order valence-electron chi connectivity index (χ2n) is 2.89. The second-order valence-corrected chi connectivity index (χ2v) is 2.89. The summed E-state index contributed by atoms with van der Waals surface area (Å²) in [5, 5.41) is 9.65. The summed E-state index contributed by atoms with van der Waals surface area (Å²) in [6.07, 6.45) is 1.57. The van der Waals surface area contributed by atoms with E-state index in [0.717, 1.165) is 5.56 Å². The summed E-state index contributed by atoms with van der Waals surface area (Å²) >= 11 is 0. The molecular formula is C10H10O3. The summed E-state index contributed by atoms with van der Waals surface area (Å²) in [6, 6.07) is 1.75. The lowest BCUT2D eigenvalue weighted by Gasteiger charge is -2.06. The molecule has 68 valence electrons.